The Morgan fingerprint density at radius 2 is 1.86 bits per heavy atom. The summed E-state index contributed by atoms with van der Waals surface area (Å²) in [6, 6.07) is 7.99. The minimum absolute atomic E-state index is 0.0712. The van der Waals surface area contributed by atoms with Crippen molar-refractivity contribution in [1.29, 1.82) is 0 Å². The highest BCUT2D eigenvalue weighted by atomic mass is 16.5. The molecule has 1 aromatic rings. The molecule has 1 aliphatic rings. The van der Waals surface area contributed by atoms with E-state index in [0.29, 0.717) is 18.7 Å². The van der Waals surface area contributed by atoms with Gasteiger partial charge in [0.2, 0.25) is 0 Å². The number of methoxy groups -OCH3 is 1. The van der Waals surface area contributed by atoms with E-state index in [0.717, 1.165) is 24.2 Å². The second kappa shape index (κ2) is 6.77. The normalized spacial score (nSPS) is 23.5. The topological polar surface area (TPSA) is 50.7 Å². The van der Waals surface area contributed by atoms with Crippen molar-refractivity contribution >= 4 is 0 Å². The zero-order valence-corrected chi connectivity index (χ0v) is 13.4. The van der Waals surface area contributed by atoms with E-state index in [1.807, 2.05) is 24.3 Å². The maximum Gasteiger partial charge on any atom is 0.118 e. The zero-order chi connectivity index (χ0) is 15.5. The molecule has 0 aromatic heterocycles. The van der Waals surface area contributed by atoms with Crippen LogP contribution in [0.1, 0.15) is 45.3 Å². The molecule has 21 heavy (non-hydrogen) atoms. The van der Waals surface area contributed by atoms with Crippen LogP contribution in [0.5, 0.6) is 5.75 Å². The first kappa shape index (κ1) is 16.3. The molecule has 1 atom stereocenters. The van der Waals surface area contributed by atoms with E-state index in [1.165, 1.54) is 0 Å². The van der Waals surface area contributed by atoms with Crippen LogP contribution in [0.25, 0.3) is 0 Å². The zero-order valence-electron chi connectivity index (χ0n) is 13.4. The van der Waals surface area contributed by atoms with E-state index < -0.39 is 6.10 Å². The van der Waals surface area contributed by atoms with Crippen molar-refractivity contribution in [3.63, 3.8) is 0 Å². The SMILES string of the molecule is COc1ccc(C(O)CNC2CC(OC(C)(C)C)C2)cc1. The highest BCUT2D eigenvalue weighted by Crippen LogP contribution is 2.28. The summed E-state index contributed by atoms with van der Waals surface area (Å²) in [5.41, 5.74) is 0.836. The van der Waals surface area contributed by atoms with Gasteiger partial charge in [-0.2, -0.15) is 0 Å². The lowest BCUT2D eigenvalue weighted by Crippen LogP contribution is -2.48. The van der Waals surface area contributed by atoms with Gasteiger partial charge in [0, 0.05) is 12.6 Å². The Morgan fingerprint density at radius 1 is 1.24 bits per heavy atom. The molecule has 0 saturated heterocycles. The maximum absolute atomic E-state index is 10.2. The maximum atomic E-state index is 10.2. The van der Waals surface area contributed by atoms with Crippen molar-refractivity contribution in [1.82, 2.24) is 5.32 Å². The number of nitrogens with one attached hydrogen (secondary N) is 1. The summed E-state index contributed by atoms with van der Waals surface area (Å²) in [5.74, 6) is 0.806. The van der Waals surface area contributed by atoms with Gasteiger partial charge in [-0.05, 0) is 51.3 Å². The fourth-order valence-corrected chi connectivity index (χ4v) is 2.55. The van der Waals surface area contributed by atoms with Crippen LogP contribution >= 0.6 is 0 Å². The van der Waals surface area contributed by atoms with Crippen molar-refractivity contribution in [2.75, 3.05) is 13.7 Å². The lowest BCUT2D eigenvalue weighted by molar-refractivity contribution is -0.103. The number of rotatable bonds is 6. The summed E-state index contributed by atoms with van der Waals surface area (Å²) in [4.78, 5) is 0. The average molecular weight is 293 g/mol. The van der Waals surface area contributed by atoms with Crippen molar-refractivity contribution in [2.24, 2.45) is 0 Å². The van der Waals surface area contributed by atoms with Gasteiger partial charge in [-0.3, -0.25) is 0 Å². The molecule has 1 saturated carbocycles. The van der Waals surface area contributed by atoms with Crippen molar-refractivity contribution in [3.05, 3.63) is 29.8 Å². The van der Waals surface area contributed by atoms with Gasteiger partial charge >= 0.3 is 0 Å². The highest BCUT2D eigenvalue weighted by molar-refractivity contribution is 5.28. The largest absolute Gasteiger partial charge is 0.497 e. The Bertz CT molecular complexity index is 432. The van der Waals surface area contributed by atoms with E-state index in [4.69, 9.17) is 9.47 Å². The molecule has 0 radical (unpaired) electrons. The number of benzene rings is 1. The molecule has 1 unspecified atom stereocenters. The number of hydrogen-bond acceptors (Lipinski definition) is 4. The second-order valence-electron chi connectivity index (χ2n) is 6.72. The predicted octanol–water partition coefficient (Wildman–Crippen LogP) is 2.66. The highest BCUT2D eigenvalue weighted by Gasteiger charge is 2.32. The van der Waals surface area contributed by atoms with Crippen LogP contribution in [0.15, 0.2) is 24.3 Å². The Labute approximate surface area is 127 Å². The van der Waals surface area contributed by atoms with Gasteiger partial charge in [0.05, 0.1) is 24.9 Å². The summed E-state index contributed by atoms with van der Waals surface area (Å²) < 4.78 is 11.0. The van der Waals surface area contributed by atoms with Gasteiger partial charge in [0.15, 0.2) is 0 Å². The molecule has 4 nitrogen and oxygen atoms in total. The summed E-state index contributed by atoms with van der Waals surface area (Å²) in [6.07, 6.45) is 1.90. The molecule has 0 aliphatic heterocycles. The number of ether oxygens (including phenoxy) is 2. The third-order valence-electron chi connectivity index (χ3n) is 3.72. The smallest absolute Gasteiger partial charge is 0.118 e. The minimum Gasteiger partial charge on any atom is -0.497 e. The molecule has 2 rings (SSSR count). The van der Waals surface area contributed by atoms with E-state index >= 15 is 0 Å². The van der Waals surface area contributed by atoms with Crippen LogP contribution in [0.4, 0.5) is 0 Å². The average Bonchev–Trinajstić information content (AvgIpc) is 2.39. The van der Waals surface area contributed by atoms with Gasteiger partial charge in [0.25, 0.3) is 0 Å². The molecule has 2 N–H and O–H groups in total. The van der Waals surface area contributed by atoms with E-state index in [1.54, 1.807) is 7.11 Å². The fourth-order valence-electron chi connectivity index (χ4n) is 2.55. The van der Waals surface area contributed by atoms with E-state index in [2.05, 4.69) is 26.1 Å². The van der Waals surface area contributed by atoms with Crippen molar-refractivity contribution in [2.45, 2.75) is 57.5 Å². The van der Waals surface area contributed by atoms with Crippen molar-refractivity contribution in [3.8, 4) is 5.75 Å². The van der Waals surface area contributed by atoms with Crippen LogP contribution in [0.2, 0.25) is 0 Å². The number of hydrogen-bond donors (Lipinski definition) is 2. The Hall–Kier alpha value is -1.10. The lowest BCUT2D eigenvalue weighted by atomic mass is 9.88. The molecular weight excluding hydrogens is 266 g/mol. The first-order chi connectivity index (χ1) is 9.87. The van der Waals surface area contributed by atoms with Crippen LogP contribution < -0.4 is 10.1 Å². The molecule has 0 bridgehead atoms. The monoisotopic (exact) mass is 293 g/mol. The fraction of sp³-hybridized carbons (Fsp3) is 0.647. The Morgan fingerprint density at radius 3 is 2.38 bits per heavy atom. The van der Waals surface area contributed by atoms with Crippen LogP contribution in [-0.4, -0.2) is 36.5 Å². The van der Waals surface area contributed by atoms with Gasteiger partial charge < -0.3 is 19.9 Å². The van der Waals surface area contributed by atoms with Crippen molar-refractivity contribution < 1.29 is 14.6 Å². The predicted molar refractivity (Wildman–Crippen MR) is 83.6 cm³/mol. The molecule has 1 aliphatic carbocycles. The number of aliphatic hydroxyl groups excluding tert-OH is 1. The standard InChI is InChI=1S/C17H27NO3/c1-17(2,3)21-15-9-13(10-15)18-11-16(19)12-5-7-14(20-4)8-6-12/h5-8,13,15-16,18-19H,9-11H2,1-4H3. The molecule has 0 heterocycles. The molecule has 1 aromatic carbocycles. The molecule has 4 heteroatoms. The van der Waals surface area contributed by atoms with Gasteiger partial charge in [-0.25, -0.2) is 0 Å². The van der Waals surface area contributed by atoms with Crippen LogP contribution in [0, 0.1) is 0 Å². The van der Waals surface area contributed by atoms with Crippen LogP contribution in [0.3, 0.4) is 0 Å². The summed E-state index contributed by atoms with van der Waals surface area (Å²) in [5, 5.41) is 13.6. The first-order valence-electron chi connectivity index (χ1n) is 7.60. The lowest BCUT2D eigenvalue weighted by Gasteiger charge is -2.40. The first-order valence-corrected chi connectivity index (χ1v) is 7.60. The summed E-state index contributed by atoms with van der Waals surface area (Å²) in [7, 11) is 1.64. The van der Waals surface area contributed by atoms with Gasteiger partial charge in [-0.1, -0.05) is 12.1 Å². The van der Waals surface area contributed by atoms with E-state index in [9.17, 15) is 5.11 Å². The summed E-state index contributed by atoms with van der Waals surface area (Å²) in [6.45, 7) is 6.82. The van der Waals surface area contributed by atoms with Crippen LogP contribution in [-0.2, 0) is 4.74 Å². The Balaban J connectivity index is 1.69. The van der Waals surface area contributed by atoms with E-state index in [-0.39, 0.29) is 5.60 Å². The quantitative estimate of drug-likeness (QED) is 0.846. The minimum atomic E-state index is -0.488. The third kappa shape index (κ3) is 4.99. The third-order valence-corrected chi connectivity index (χ3v) is 3.72. The van der Waals surface area contributed by atoms with Gasteiger partial charge in [0.1, 0.15) is 5.75 Å². The van der Waals surface area contributed by atoms with Gasteiger partial charge in [-0.15, -0.1) is 0 Å². The molecule has 1 fully saturated rings. The second-order valence-corrected chi connectivity index (χ2v) is 6.72. The molecular formula is C17H27NO3. The molecule has 0 amide bonds. The summed E-state index contributed by atoms with van der Waals surface area (Å²) >= 11 is 0. The molecule has 0 spiro atoms. The number of aliphatic hydroxyl groups is 1. The molecule has 118 valence electrons. The Kier molecular flexibility index (Phi) is 5.25.